The monoisotopic (exact) mass is 459 g/mol. The summed E-state index contributed by atoms with van der Waals surface area (Å²) in [6.45, 7) is 1.85. The van der Waals surface area contributed by atoms with Crippen molar-refractivity contribution >= 4 is 39.9 Å². The predicted molar refractivity (Wildman–Crippen MR) is 120 cm³/mol. The van der Waals surface area contributed by atoms with Crippen molar-refractivity contribution in [3.05, 3.63) is 45.4 Å². The van der Waals surface area contributed by atoms with Crippen molar-refractivity contribution in [2.24, 2.45) is 0 Å². The van der Waals surface area contributed by atoms with Crippen LogP contribution in [-0.4, -0.2) is 41.0 Å². The average molecular weight is 460 g/mol. The fraction of sp³-hybridized carbons (Fsp3) is 0.522. The van der Waals surface area contributed by atoms with Gasteiger partial charge in [-0.25, -0.2) is 4.98 Å². The molecule has 2 aliphatic heterocycles. The molecular weight excluding hydrogens is 434 g/mol. The van der Waals surface area contributed by atoms with Crippen LogP contribution in [0.3, 0.4) is 0 Å². The lowest BCUT2D eigenvalue weighted by Gasteiger charge is -2.36. The van der Waals surface area contributed by atoms with E-state index in [2.05, 4.69) is 10.3 Å². The number of hydrogen-bond donors (Lipinski definition) is 1. The van der Waals surface area contributed by atoms with E-state index < -0.39 is 5.41 Å². The molecule has 1 saturated carbocycles. The van der Waals surface area contributed by atoms with Crippen molar-refractivity contribution in [1.82, 2.24) is 9.88 Å². The van der Waals surface area contributed by atoms with Crippen LogP contribution in [0.5, 0.6) is 0 Å². The number of fused-ring (bicyclic) bond motifs is 1. The Hall–Kier alpha value is -1.96. The largest absolute Gasteiger partial charge is 0.368 e. The van der Waals surface area contributed by atoms with Crippen LogP contribution in [0.2, 0.25) is 5.02 Å². The SMILES string of the molecule is O=C(Nc1nc2c(s1)CN(C(=O)C1(c3ccc(Cl)cc3)CCCC1)CC2)C1CCCO1. The van der Waals surface area contributed by atoms with Gasteiger partial charge in [-0.3, -0.25) is 14.9 Å². The Morgan fingerprint density at radius 2 is 1.97 bits per heavy atom. The Morgan fingerprint density at radius 1 is 1.19 bits per heavy atom. The summed E-state index contributed by atoms with van der Waals surface area (Å²) in [5, 5.41) is 4.20. The number of rotatable bonds is 4. The number of carbonyl (C=O) groups is 2. The average Bonchev–Trinajstić information content (AvgIpc) is 3.53. The van der Waals surface area contributed by atoms with E-state index in [0.717, 1.165) is 54.7 Å². The second-order valence-corrected chi connectivity index (χ2v) is 10.2. The molecule has 2 aromatic rings. The van der Waals surface area contributed by atoms with Gasteiger partial charge in [0, 0.05) is 29.5 Å². The summed E-state index contributed by atoms with van der Waals surface area (Å²) in [4.78, 5) is 33.8. The third-order valence-corrected chi connectivity index (χ3v) is 7.98. The van der Waals surface area contributed by atoms with E-state index in [1.807, 2.05) is 29.2 Å². The van der Waals surface area contributed by atoms with E-state index in [4.69, 9.17) is 16.3 Å². The summed E-state index contributed by atoms with van der Waals surface area (Å²) in [5.74, 6) is 0.0838. The second-order valence-electron chi connectivity index (χ2n) is 8.65. The first-order valence-corrected chi connectivity index (χ1v) is 12.2. The normalized spacial score (nSPS) is 22.4. The Bertz CT molecular complexity index is 978. The zero-order chi connectivity index (χ0) is 21.4. The Morgan fingerprint density at radius 3 is 2.68 bits per heavy atom. The maximum Gasteiger partial charge on any atom is 0.255 e. The van der Waals surface area contributed by atoms with Gasteiger partial charge in [0.15, 0.2) is 5.13 Å². The predicted octanol–water partition coefficient (Wildman–Crippen LogP) is 4.31. The molecule has 1 N–H and O–H groups in total. The topological polar surface area (TPSA) is 71.5 Å². The molecule has 5 rings (SSSR count). The molecule has 1 saturated heterocycles. The summed E-state index contributed by atoms with van der Waals surface area (Å²) < 4.78 is 5.46. The summed E-state index contributed by atoms with van der Waals surface area (Å²) in [6.07, 6.45) is 5.89. The molecule has 164 valence electrons. The molecule has 6 nitrogen and oxygen atoms in total. The molecular formula is C23H26ClN3O3S. The second kappa shape index (κ2) is 8.52. The van der Waals surface area contributed by atoms with Crippen LogP contribution in [-0.2, 0) is 32.7 Å². The first kappa shape index (κ1) is 20.9. The third kappa shape index (κ3) is 3.99. The molecule has 0 radical (unpaired) electrons. The molecule has 0 spiro atoms. The minimum Gasteiger partial charge on any atom is -0.368 e. The molecule has 1 aliphatic carbocycles. The van der Waals surface area contributed by atoms with Gasteiger partial charge < -0.3 is 9.64 Å². The highest BCUT2D eigenvalue weighted by atomic mass is 35.5. The van der Waals surface area contributed by atoms with Gasteiger partial charge in [0.05, 0.1) is 17.7 Å². The van der Waals surface area contributed by atoms with E-state index in [0.29, 0.717) is 36.3 Å². The van der Waals surface area contributed by atoms with Gasteiger partial charge in [-0.2, -0.15) is 0 Å². The van der Waals surface area contributed by atoms with Crippen LogP contribution < -0.4 is 5.32 Å². The van der Waals surface area contributed by atoms with E-state index in [9.17, 15) is 9.59 Å². The maximum atomic E-state index is 13.8. The van der Waals surface area contributed by atoms with Crippen LogP contribution >= 0.6 is 22.9 Å². The number of thiazole rings is 1. The summed E-state index contributed by atoms with van der Waals surface area (Å²) in [5.41, 5.74) is 1.60. The highest BCUT2D eigenvalue weighted by Gasteiger charge is 2.45. The fourth-order valence-corrected chi connectivity index (χ4v) is 6.22. The first-order valence-electron chi connectivity index (χ1n) is 11.0. The molecule has 2 amide bonds. The van der Waals surface area contributed by atoms with Crippen LogP contribution in [0.15, 0.2) is 24.3 Å². The van der Waals surface area contributed by atoms with Gasteiger partial charge >= 0.3 is 0 Å². The molecule has 8 heteroatoms. The van der Waals surface area contributed by atoms with Crippen LogP contribution in [0.1, 0.15) is 54.7 Å². The molecule has 2 fully saturated rings. The van der Waals surface area contributed by atoms with E-state index in [1.54, 1.807) is 0 Å². The smallest absolute Gasteiger partial charge is 0.255 e. The van der Waals surface area contributed by atoms with Crippen LogP contribution in [0.25, 0.3) is 0 Å². The molecule has 3 heterocycles. The molecule has 1 unspecified atom stereocenters. The lowest BCUT2D eigenvalue weighted by Crippen LogP contribution is -2.47. The standard InChI is InChI=1S/C23H26ClN3O3S/c24-16-7-5-15(6-8-16)23(10-1-2-11-23)21(29)27-12-9-17-19(14-27)31-22(25-17)26-20(28)18-4-3-13-30-18/h5-8,18H,1-4,9-14H2,(H,25,26,28). The van der Waals surface area contributed by atoms with Gasteiger partial charge in [-0.1, -0.05) is 47.9 Å². The molecule has 0 bridgehead atoms. The van der Waals surface area contributed by atoms with E-state index in [-0.39, 0.29) is 17.9 Å². The van der Waals surface area contributed by atoms with Crippen LogP contribution in [0.4, 0.5) is 5.13 Å². The zero-order valence-corrected chi connectivity index (χ0v) is 18.9. The van der Waals surface area contributed by atoms with Crippen molar-refractivity contribution in [1.29, 1.82) is 0 Å². The van der Waals surface area contributed by atoms with Gasteiger partial charge in [-0.05, 0) is 43.4 Å². The number of aromatic nitrogens is 1. The summed E-state index contributed by atoms with van der Waals surface area (Å²) in [6, 6.07) is 7.77. The maximum absolute atomic E-state index is 13.8. The lowest BCUT2D eigenvalue weighted by atomic mass is 9.77. The van der Waals surface area contributed by atoms with Gasteiger partial charge in [0.2, 0.25) is 5.91 Å². The molecule has 1 aromatic heterocycles. The summed E-state index contributed by atoms with van der Waals surface area (Å²) >= 11 is 7.56. The number of nitrogens with zero attached hydrogens (tertiary/aromatic N) is 2. The Kier molecular flexibility index (Phi) is 5.75. The van der Waals surface area contributed by atoms with Gasteiger partial charge in [-0.15, -0.1) is 0 Å². The zero-order valence-electron chi connectivity index (χ0n) is 17.4. The Labute approximate surface area is 190 Å². The van der Waals surface area contributed by atoms with Crippen molar-refractivity contribution in [2.75, 3.05) is 18.5 Å². The summed E-state index contributed by atoms with van der Waals surface area (Å²) in [7, 11) is 0. The first-order chi connectivity index (χ1) is 15.0. The number of carbonyl (C=O) groups excluding carboxylic acids is 2. The van der Waals surface area contributed by atoms with E-state index >= 15 is 0 Å². The number of halogens is 1. The van der Waals surface area contributed by atoms with Gasteiger partial charge in [0.1, 0.15) is 6.10 Å². The fourth-order valence-electron chi connectivity index (χ4n) is 5.07. The molecule has 1 atom stereocenters. The number of anilines is 1. The quantitative estimate of drug-likeness (QED) is 0.739. The number of benzene rings is 1. The lowest BCUT2D eigenvalue weighted by molar-refractivity contribution is -0.138. The highest BCUT2D eigenvalue weighted by molar-refractivity contribution is 7.15. The molecule has 31 heavy (non-hydrogen) atoms. The minimum absolute atomic E-state index is 0.121. The van der Waals surface area contributed by atoms with Crippen LogP contribution in [0, 0.1) is 0 Å². The number of nitrogens with one attached hydrogen (secondary N) is 1. The van der Waals surface area contributed by atoms with Crippen molar-refractivity contribution in [3.63, 3.8) is 0 Å². The Balaban J connectivity index is 1.32. The number of hydrogen-bond acceptors (Lipinski definition) is 5. The van der Waals surface area contributed by atoms with Crippen molar-refractivity contribution in [3.8, 4) is 0 Å². The van der Waals surface area contributed by atoms with E-state index in [1.165, 1.54) is 11.3 Å². The number of amides is 2. The molecule has 1 aromatic carbocycles. The molecule has 3 aliphatic rings. The number of ether oxygens (including phenoxy) is 1. The van der Waals surface area contributed by atoms with Crippen molar-refractivity contribution < 1.29 is 14.3 Å². The van der Waals surface area contributed by atoms with Crippen molar-refractivity contribution in [2.45, 2.75) is 63.0 Å². The highest BCUT2D eigenvalue weighted by Crippen LogP contribution is 2.44. The minimum atomic E-state index is -0.455. The third-order valence-electron chi connectivity index (χ3n) is 6.73. The van der Waals surface area contributed by atoms with Gasteiger partial charge in [0.25, 0.3) is 5.91 Å².